The molecule has 0 fully saturated rings. The monoisotopic (exact) mass is 207 g/mol. The second-order valence-electron chi connectivity index (χ2n) is 2.99. The average Bonchev–Trinajstić information content (AvgIpc) is 2.66. The normalized spacial score (nSPS) is 13.5. The number of aromatic nitrogens is 1. The number of pyridine rings is 1. The molecule has 0 bridgehead atoms. The molecule has 0 unspecified atom stereocenters. The Hall–Kier alpha value is -1.48. The number of hydrogen-bond donors (Lipinski definition) is 0. The molecule has 0 saturated heterocycles. The Bertz CT molecular complexity index is 513. The first-order valence-corrected chi connectivity index (χ1v) is 4.57. The highest BCUT2D eigenvalue weighted by molar-refractivity contribution is 6.37. The van der Waals surface area contributed by atoms with Crippen molar-refractivity contribution in [3.63, 3.8) is 0 Å². The second-order valence-corrected chi connectivity index (χ2v) is 3.37. The number of fused-ring (bicyclic) bond motifs is 2. The average molecular weight is 208 g/mol. The predicted octanol–water partition coefficient (Wildman–Crippen LogP) is 2.62. The molecule has 2 aromatic rings. The zero-order valence-electron chi connectivity index (χ0n) is 7.16. The van der Waals surface area contributed by atoms with Crippen LogP contribution in [0, 0.1) is 0 Å². The van der Waals surface area contributed by atoms with Crippen LogP contribution in [0.1, 0.15) is 0 Å². The van der Waals surface area contributed by atoms with Crippen LogP contribution in [-0.4, -0.2) is 11.8 Å². The first-order chi connectivity index (χ1) is 6.86. The molecule has 1 aromatic heterocycles. The van der Waals surface area contributed by atoms with Gasteiger partial charge < -0.3 is 9.47 Å². The molecule has 3 rings (SSSR count). The summed E-state index contributed by atoms with van der Waals surface area (Å²) in [7, 11) is 0. The fourth-order valence-corrected chi connectivity index (χ4v) is 1.84. The van der Waals surface area contributed by atoms with E-state index in [-0.39, 0.29) is 6.79 Å². The van der Waals surface area contributed by atoms with Gasteiger partial charge in [0, 0.05) is 17.6 Å². The summed E-state index contributed by atoms with van der Waals surface area (Å²) >= 11 is 6.14. The predicted molar refractivity (Wildman–Crippen MR) is 52.9 cm³/mol. The number of hydrogen-bond acceptors (Lipinski definition) is 3. The Morgan fingerprint density at radius 2 is 2.29 bits per heavy atom. The van der Waals surface area contributed by atoms with Gasteiger partial charge in [0.05, 0.1) is 10.5 Å². The summed E-state index contributed by atoms with van der Waals surface area (Å²) in [5, 5.41) is 1.46. The molecule has 1 aromatic carbocycles. The summed E-state index contributed by atoms with van der Waals surface area (Å²) in [6, 6.07) is 5.59. The summed E-state index contributed by atoms with van der Waals surface area (Å²) in [6.45, 7) is 0.228. The van der Waals surface area contributed by atoms with Crippen LogP contribution in [0.3, 0.4) is 0 Å². The first kappa shape index (κ1) is 7.88. The maximum Gasteiger partial charge on any atom is 0.231 e. The highest BCUT2D eigenvalue weighted by Gasteiger charge is 2.19. The van der Waals surface area contributed by atoms with Crippen LogP contribution in [-0.2, 0) is 0 Å². The van der Waals surface area contributed by atoms with Crippen molar-refractivity contribution in [3.8, 4) is 11.5 Å². The van der Waals surface area contributed by atoms with Gasteiger partial charge in [-0.1, -0.05) is 11.6 Å². The molecule has 0 amide bonds. The van der Waals surface area contributed by atoms with Gasteiger partial charge in [0.1, 0.15) is 0 Å². The van der Waals surface area contributed by atoms with Gasteiger partial charge in [-0.15, -0.1) is 0 Å². The molecule has 1 aliphatic heterocycles. The van der Waals surface area contributed by atoms with Crippen molar-refractivity contribution in [2.45, 2.75) is 0 Å². The summed E-state index contributed by atoms with van der Waals surface area (Å²) in [4.78, 5) is 4.20. The Labute approximate surface area is 85.2 Å². The van der Waals surface area contributed by atoms with Crippen LogP contribution >= 0.6 is 11.6 Å². The number of benzene rings is 1. The van der Waals surface area contributed by atoms with E-state index in [1.54, 1.807) is 6.20 Å². The molecule has 0 radical (unpaired) electrons. The molecule has 1 aliphatic rings. The third-order valence-corrected chi connectivity index (χ3v) is 2.56. The summed E-state index contributed by atoms with van der Waals surface area (Å²) < 4.78 is 10.5. The third kappa shape index (κ3) is 0.960. The van der Waals surface area contributed by atoms with E-state index in [0.717, 1.165) is 10.9 Å². The molecule has 0 atom stereocenters. The minimum atomic E-state index is 0.228. The van der Waals surface area contributed by atoms with Gasteiger partial charge in [0.25, 0.3) is 0 Å². The van der Waals surface area contributed by atoms with Crippen molar-refractivity contribution in [3.05, 3.63) is 29.4 Å². The summed E-state index contributed by atoms with van der Waals surface area (Å²) in [5.74, 6) is 1.29. The van der Waals surface area contributed by atoms with Gasteiger partial charge in [0.2, 0.25) is 6.79 Å². The van der Waals surface area contributed by atoms with E-state index in [2.05, 4.69) is 4.98 Å². The van der Waals surface area contributed by atoms with E-state index in [0.29, 0.717) is 16.5 Å². The maximum atomic E-state index is 6.14. The Kier molecular flexibility index (Phi) is 1.55. The molecule has 14 heavy (non-hydrogen) atoms. The molecule has 3 nitrogen and oxygen atoms in total. The Morgan fingerprint density at radius 1 is 1.36 bits per heavy atom. The molecule has 2 heterocycles. The minimum absolute atomic E-state index is 0.228. The lowest BCUT2D eigenvalue weighted by Gasteiger charge is -2.02. The molecular formula is C10H6ClNO2. The van der Waals surface area contributed by atoms with E-state index >= 15 is 0 Å². The quantitative estimate of drug-likeness (QED) is 0.666. The summed E-state index contributed by atoms with van der Waals surface area (Å²) in [6.07, 6.45) is 1.72. The first-order valence-electron chi connectivity index (χ1n) is 4.19. The summed E-state index contributed by atoms with van der Waals surface area (Å²) in [5.41, 5.74) is 0.821. The third-order valence-electron chi connectivity index (χ3n) is 2.18. The van der Waals surface area contributed by atoms with E-state index in [4.69, 9.17) is 21.1 Å². The SMILES string of the molecule is Clc1c2c(cc3ncccc13)OCO2. The van der Waals surface area contributed by atoms with E-state index in [1.807, 2.05) is 18.2 Å². The molecule has 4 heteroatoms. The lowest BCUT2D eigenvalue weighted by Crippen LogP contribution is -1.93. The van der Waals surface area contributed by atoms with E-state index in [1.165, 1.54) is 0 Å². The number of nitrogens with zero attached hydrogens (tertiary/aromatic N) is 1. The van der Waals surface area contributed by atoms with Crippen LogP contribution in [0.2, 0.25) is 5.02 Å². The van der Waals surface area contributed by atoms with Gasteiger partial charge in [-0.3, -0.25) is 4.98 Å². The Balaban J connectivity index is 2.44. The van der Waals surface area contributed by atoms with Crippen molar-refractivity contribution in [2.75, 3.05) is 6.79 Å². The maximum absolute atomic E-state index is 6.14. The smallest absolute Gasteiger partial charge is 0.231 e. The fraction of sp³-hybridized carbons (Fsp3) is 0.100. The van der Waals surface area contributed by atoms with Crippen molar-refractivity contribution >= 4 is 22.5 Å². The van der Waals surface area contributed by atoms with Crippen LogP contribution < -0.4 is 9.47 Å². The van der Waals surface area contributed by atoms with Gasteiger partial charge >= 0.3 is 0 Å². The van der Waals surface area contributed by atoms with Gasteiger partial charge in [-0.25, -0.2) is 0 Å². The molecular weight excluding hydrogens is 202 g/mol. The minimum Gasteiger partial charge on any atom is -0.453 e. The lowest BCUT2D eigenvalue weighted by atomic mass is 10.2. The van der Waals surface area contributed by atoms with Crippen LogP contribution in [0.5, 0.6) is 11.5 Å². The van der Waals surface area contributed by atoms with E-state index in [9.17, 15) is 0 Å². The lowest BCUT2D eigenvalue weighted by molar-refractivity contribution is 0.174. The largest absolute Gasteiger partial charge is 0.453 e. The fourth-order valence-electron chi connectivity index (χ4n) is 1.53. The highest BCUT2D eigenvalue weighted by atomic mass is 35.5. The van der Waals surface area contributed by atoms with Crippen molar-refractivity contribution in [1.82, 2.24) is 4.98 Å². The zero-order chi connectivity index (χ0) is 9.54. The van der Waals surface area contributed by atoms with Crippen molar-refractivity contribution in [1.29, 1.82) is 0 Å². The van der Waals surface area contributed by atoms with Crippen LogP contribution in [0.15, 0.2) is 24.4 Å². The molecule has 70 valence electrons. The second kappa shape index (κ2) is 2.75. The van der Waals surface area contributed by atoms with Gasteiger partial charge in [-0.05, 0) is 12.1 Å². The number of ether oxygens (including phenoxy) is 2. The van der Waals surface area contributed by atoms with E-state index < -0.39 is 0 Å². The van der Waals surface area contributed by atoms with Crippen molar-refractivity contribution in [2.24, 2.45) is 0 Å². The van der Waals surface area contributed by atoms with Crippen molar-refractivity contribution < 1.29 is 9.47 Å². The molecule has 0 spiro atoms. The number of rotatable bonds is 0. The highest BCUT2D eigenvalue weighted by Crippen LogP contribution is 2.43. The number of halogens is 1. The van der Waals surface area contributed by atoms with Crippen LogP contribution in [0.25, 0.3) is 10.9 Å². The standard InChI is InChI=1S/C10H6ClNO2/c11-9-6-2-1-3-12-7(6)4-8-10(9)14-5-13-8/h1-4H,5H2. The topological polar surface area (TPSA) is 31.4 Å². The van der Waals surface area contributed by atoms with Crippen LogP contribution in [0.4, 0.5) is 0 Å². The Morgan fingerprint density at radius 3 is 3.21 bits per heavy atom. The molecule has 0 saturated carbocycles. The van der Waals surface area contributed by atoms with Gasteiger partial charge in [-0.2, -0.15) is 0 Å². The van der Waals surface area contributed by atoms with Gasteiger partial charge in [0.15, 0.2) is 11.5 Å². The zero-order valence-corrected chi connectivity index (χ0v) is 7.91. The molecule has 0 aliphatic carbocycles. The molecule has 0 N–H and O–H groups in total.